The highest BCUT2D eigenvalue weighted by atomic mass is 16.2. The van der Waals surface area contributed by atoms with Gasteiger partial charge in [0, 0.05) is 29.7 Å². The van der Waals surface area contributed by atoms with Gasteiger partial charge in [0.25, 0.3) is 5.91 Å². The number of imide groups is 1. The van der Waals surface area contributed by atoms with Gasteiger partial charge in [-0.1, -0.05) is 36.4 Å². The van der Waals surface area contributed by atoms with Gasteiger partial charge in [-0.2, -0.15) is 0 Å². The van der Waals surface area contributed by atoms with Gasteiger partial charge in [-0.25, -0.2) is 4.90 Å². The summed E-state index contributed by atoms with van der Waals surface area (Å²) in [5.41, 5.74) is 4.01. The predicted octanol–water partition coefficient (Wildman–Crippen LogP) is 2.92. The summed E-state index contributed by atoms with van der Waals surface area (Å²) < 4.78 is 2.08. The molecule has 0 bridgehead atoms. The van der Waals surface area contributed by atoms with Gasteiger partial charge in [0.15, 0.2) is 0 Å². The second-order valence-electron chi connectivity index (χ2n) is 8.07. The van der Waals surface area contributed by atoms with Gasteiger partial charge in [-0.05, 0) is 37.1 Å². The van der Waals surface area contributed by atoms with Crippen molar-refractivity contribution >= 4 is 34.2 Å². The summed E-state index contributed by atoms with van der Waals surface area (Å²) in [5.74, 6) is -0.229. The molecule has 6 heteroatoms. The quantitative estimate of drug-likeness (QED) is 0.631. The van der Waals surface area contributed by atoms with Gasteiger partial charge in [-0.3, -0.25) is 19.3 Å². The molecule has 5 rings (SSSR count). The van der Waals surface area contributed by atoms with Crippen molar-refractivity contribution < 1.29 is 14.4 Å². The fourth-order valence-corrected chi connectivity index (χ4v) is 4.83. The summed E-state index contributed by atoms with van der Waals surface area (Å²) in [4.78, 5) is 41.2. The van der Waals surface area contributed by atoms with Crippen LogP contribution in [0.1, 0.15) is 24.6 Å². The van der Waals surface area contributed by atoms with E-state index in [-0.39, 0.29) is 24.0 Å². The number of hydrogen-bond acceptors (Lipinski definition) is 4. The summed E-state index contributed by atoms with van der Waals surface area (Å²) in [6, 6.07) is 16.8. The van der Waals surface area contributed by atoms with E-state index >= 15 is 0 Å². The predicted molar refractivity (Wildman–Crippen MR) is 114 cm³/mol. The van der Waals surface area contributed by atoms with Gasteiger partial charge in [0.1, 0.15) is 5.78 Å². The van der Waals surface area contributed by atoms with Crippen molar-refractivity contribution in [3.8, 4) is 0 Å². The lowest BCUT2D eigenvalue weighted by Gasteiger charge is -2.32. The van der Waals surface area contributed by atoms with Crippen molar-refractivity contribution in [3.05, 3.63) is 65.9 Å². The van der Waals surface area contributed by atoms with Crippen molar-refractivity contribution in [1.82, 2.24) is 9.47 Å². The monoisotopic (exact) mass is 401 g/mol. The Hall–Kier alpha value is -3.25. The molecule has 152 valence electrons. The number of para-hydroxylation sites is 2. The van der Waals surface area contributed by atoms with Crippen molar-refractivity contribution in [2.75, 3.05) is 11.4 Å². The largest absolute Gasteiger partial charge is 0.336 e. The molecule has 0 radical (unpaired) electrons. The Balaban J connectivity index is 1.48. The van der Waals surface area contributed by atoms with E-state index in [1.54, 1.807) is 19.1 Å². The van der Waals surface area contributed by atoms with Gasteiger partial charge < -0.3 is 4.57 Å². The maximum Gasteiger partial charge on any atom is 0.251 e. The molecule has 2 aliphatic rings. The molecule has 0 unspecified atom stereocenters. The smallest absolute Gasteiger partial charge is 0.251 e. The number of anilines is 1. The lowest BCUT2D eigenvalue weighted by molar-refractivity contribution is -0.123. The first-order valence-electron chi connectivity index (χ1n) is 10.3. The number of carbonyl (C=O) groups excluding carboxylic acids is 3. The fourth-order valence-electron chi connectivity index (χ4n) is 4.83. The van der Waals surface area contributed by atoms with E-state index in [2.05, 4.69) is 15.5 Å². The topological polar surface area (TPSA) is 62.6 Å². The lowest BCUT2D eigenvalue weighted by Crippen LogP contribution is -2.44. The van der Waals surface area contributed by atoms with E-state index in [1.165, 1.54) is 15.8 Å². The Labute approximate surface area is 174 Å². The van der Waals surface area contributed by atoms with Crippen molar-refractivity contribution in [2.24, 2.45) is 0 Å². The maximum atomic E-state index is 13.2. The van der Waals surface area contributed by atoms with Gasteiger partial charge >= 0.3 is 0 Å². The van der Waals surface area contributed by atoms with E-state index in [4.69, 9.17) is 0 Å². The average molecular weight is 401 g/mol. The highest BCUT2D eigenvalue weighted by Crippen LogP contribution is 2.34. The minimum absolute atomic E-state index is 0.0954. The molecule has 0 aliphatic carbocycles. The molecule has 6 nitrogen and oxygen atoms in total. The third-order valence-electron chi connectivity index (χ3n) is 6.15. The number of ketones is 1. The van der Waals surface area contributed by atoms with E-state index in [9.17, 15) is 14.4 Å². The number of fused-ring (bicyclic) bond motifs is 3. The zero-order valence-corrected chi connectivity index (χ0v) is 16.9. The molecule has 2 aliphatic heterocycles. The maximum absolute atomic E-state index is 13.2. The average Bonchev–Trinajstić information content (AvgIpc) is 3.22. The summed E-state index contributed by atoms with van der Waals surface area (Å²) in [6.07, 6.45) is 0.986. The van der Waals surface area contributed by atoms with Crippen LogP contribution in [0, 0.1) is 0 Å². The van der Waals surface area contributed by atoms with E-state index in [0.29, 0.717) is 25.3 Å². The second kappa shape index (κ2) is 7.22. The number of benzene rings is 2. The van der Waals surface area contributed by atoms with E-state index in [1.807, 2.05) is 36.4 Å². The summed E-state index contributed by atoms with van der Waals surface area (Å²) in [5, 5.41) is 1.17. The van der Waals surface area contributed by atoms with Crippen LogP contribution in [0.4, 0.5) is 5.69 Å². The standard InChI is InChI=1S/C24H23N3O3/c1-16(28)14-26-20-10-6-5-9-18(20)19-11-12-25(15-22(19)26)21-13-23(29)27(24(21)30)17-7-3-2-4-8-17/h2-10,21H,11-15H2,1H3/t21-/m0/s1. The van der Waals surface area contributed by atoms with Gasteiger partial charge in [0.05, 0.1) is 24.7 Å². The number of nitrogens with zero attached hydrogens (tertiary/aromatic N) is 3. The first-order chi connectivity index (χ1) is 14.5. The summed E-state index contributed by atoms with van der Waals surface area (Å²) >= 11 is 0. The van der Waals surface area contributed by atoms with Crippen LogP contribution < -0.4 is 4.90 Å². The molecule has 30 heavy (non-hydrogen) atoms. The van der Waals surface area contributed by atoms with E-state index in [0.717, 1.165) is 17.6 Å². The zero-order valence-electron chi connectivity index (χ0n) is 16.9. The molecule has 0 spiro atoms. The molecule has 1 fully saturated rings. The number of Topliss-reactive ketones (excluding diaryl/α,β-unsaturated/α-hetero) is 1. The van der Waals surface area contributed by atoms with Gasteiger partial charge in [0.2, 0.25) is 5.91 Å². The van der Waals surface area contributed by atoms with Crippen molar-refractivity contribution in [1.29, 1.82) is 0 Å². The molecule has 0 saturated carbocycles. The van der Waals surface area contributed by atoms with Crippen LogP contribution in [0.2, 0.25) is 0 Å². The zero-order chi connectivity index (χ0) is 20.8. The summed E-state index contributed by atoms with van der Waals surface area (Å²) in [6.45, 7) is 3.19. The normalized spacial score (nSPS) is 19.5. The van der Waals surface area contributed by atoms with Crippen molar-refractivity contribution in [3.63, 3.8) is 0 Å². The first kappa shape index (κ1) is 18.8. The molecule has 2 aromatic carbocycles. The van der Waals surface area contributed by atoms with E-state index < -0.39 is 6.04 Å². The van der Waals surface area contributed by atoms with Crippen LogP contribution in [0.3, 0.4) is 0 Å². The number of amides is 2. The Bertz CT molecular complexity index is 1170. The van der Waals surface area contributed by atoms with Crippen LogP contribution in [0.15, 0.2) is 54.6 Å². The molecule has 2 amide bonds. The molecular weight excluding hydrogens is 378 g/mol. The van der Waals surface area contributed by atoms with Crippen LogP contribution in [0.25, 0.3) is 10.9 Å². The number of carbonyl (C=O) groups is 3. The number of rotatable bonds is 4. The summed E-state index contributed by atoms with van der Waals surface area (Å²) in [7, 11) is 0. The molecular formula is C24H23N3O3. The highest BCUT2D eigenvalue weighted by Gasteiger charge is 2.43. The number of hydrogen-bond donors (Lipinski definition) is 0. The molecule has 3 heterocycles. The third-order valence-corrected chi connectivity index (χ3v) is 6.15. The minimum atomic E-state index is -0.463. The van der Waals surface area contributed by atoms with Crippen LogP contribution >= 0.6 is 0 Å². The van der Waals surface area contributed by atoms with Gasteiger partial charge in [-0.15, -0.1) is 0 Å². The molecule has 1 atom stereocenters. The third kappa shape index (κ3) is 2.95. The molecule has 1 saturated heterocycles. The van der Waals surface area contributed by atoms with Crippen LogP contribution in [-0.4, -0.2) is 39.7 Å². The first-order valence-corrected chi connectivity index (χ1v) is 10.3. The lowest BCUT2D eigenvalue weighted by atomic mass is 10.0. The highest BCUT2D eigenvalue weighted by molar-refractivity contribution is 6.22. The SMILES string of the molecule is CC(=O)Cn1c2c(c3ccccc31)CCN([C@H]1CC(=O)N(c3ccccc3)C1=O)C2. The minimum Gasteiger partial charge on any atom is -0.336 e. The number of aromatic nitrogens is 1. The second-order valence-corrected chi connectivity index (χ2v) is 8.07. The Kier molecular flexibility index (Phi) is 4.51. The van der Waals surface area contributed by atoms with Crippen molar-refractivity contribution in [2.45, 2.75) is 38.9 Å². The Morgan fingerprint density at radius 2 is 1.77 bits per heavy atom. The Morgan fingerprint density at radius 1 is 1.03 bits per heavy atom. The molecule has 0 N–H and O–H groups in total. The van der Waals surface area contributed by atoms with Crippen LogP contribution in [0.5, 0.6) is 0 Å². The fraction of sp³-hybridized carbons (Fsp3) is 0.292. The molecule has 1 aromatic heterocycles. The van der Waals surface area contributed by atoms with Crippen LogP contribution in [-0.2, 0) is 33.9 Å². The Morgan fingerprint density at radius 3 is 2.53 bits per heavy atom. The molecule has 3 aromatic rings.